The number of rotatable bonds is 10. The van der Waals surface area contributed by atoms with Crippen LogP contribution in [0.5, 0.6) is 0 Å². The van der Waals surface area contributed by atoms with Gasteiger partial charge in [0.05, 0.1) is 12.8 Å². The van der Waals surface area contributed by atoms with E-state index >= 15 is 0 Å². The van der Waals surface area contributed by atoms with E-state index in [0.717, 1.165) is 65.9 Å². The second-order valence-corrected chi connectivity index (χ2v) is 10.7. The van der Waals surface area contributed by atoms with E-state index in [0.29, 0.717) is 25.9 Å². The number of aliphatic carboxylic acids is 1. The fourth-order valence-corrected chi connectivity index (χ4v) is 6.36. The maximum absolute atomic E-state index is 13.1. The molecule has 5 rings (SSSR count). The lowest BCUT2D eigenvalue weighted by atomic mass is 9.72. The number of nitrogens with zero attached hydrogens (tertiary/aromatic N) is 3. The van der Waals surface area contributed by atoms with Crippen LogP contribution in [0.25, 0.3) is 11.1 Å². The normalized spacial score (nSPS) is 18.2. The van der Waals surface area contributed by atoms with Crippen molar-refractivity contribution < 1.29 is 19.5 Å². The van der Waals surface area contributed by atoms with Crippen LogP contribution in [0.1, 0.15) is 41.5 Å². The largest absolute Gasteiger partial charge is 0.480 e. The first-order chi connectivity index (χ1) is 19.4. The van der Waals surface area contributed by atoms with Gasteiger partial charge in [-0.05, 0) is 52.8 Å². The summed E-state index contributed by atoms with van der Waals surface area (Å²) >= 11 is 0. The third-order valence-electron chi connectivity index (χ3n) is 8.41. The molecule has 0 spiro atoms. The van der Waals surface area contributed by atoms with Crippen molar-refractivity contribution in [3.63, 3.8) is 0 Å². The van der Waals surface area contributed by atoms with Gasteiger partial charge in [0, 0.05) is 33.2 Å². The summed E-state index contributed by atoms with van der Waals surface area (Å²) in [6.45, 7) is 3.93. The van der Waals surface area contributed by atoms with Crippen LogP contribution in [0.3, 0.4) is 0 Å². The first-order valence-electron chi connectivity index (χ1n) is 14.1. The fraction of sp³-hybridized carbons (Fsp3) is 0.364. The van der Waals surface area contributed by atoms with Crippen LogP contribution >= 0.6 is 0 Å². The highest BCUT2D eigenvalue weighted by atomic mass is 16.4. The third-order valence-corrected chi connectivity index (χ3v) is 8.41. The summed E-state index contributed by atoms with van der Waals surface area (Å²) < 4.78 is 0. The van der Waals surface area contributed by atoms with Gasteiger partial charge >= 0.3 is 5.97 Å². The molecule has 2 aliphatic rings. The maximum Gasteiger partial charge on any atom is 0.318 e. The van der Waals surface area contributed by atoms with Crippen molar-refractivity contribution in [2.24, 2.45) is 0 Å². The van der Waals surface area contributed by atoms with Crippen molar-refractivity contribution in [1.29, 1.82) is 0 Å². The van der Waals surface area contributed by atoms with Crippen molar-refractivity contribution in [3.05, 3.63) is 95.1 Å². The van der Waals surface area contributed by atoms with E-state index in [-0.39, 0.29) is 18.2 Å². The molecule has 2 amide bonds. The monoisotopic (exact) mass is 538 g/mol. The molecule has 3 aromatic carbocycles. The Morgan fingerprint density at radius 3 is 2.25 bits per heavy atom. The van der Waals surface area contributed by atoms with Crippen LogP contribution in [-0.2, 0) is 32.6 Å². The second kappa shape index (κ2) is 12.0. The smallest absolute Gasteiger partial charge is 0.318 e. The number of amides is 2. The van der Waals surface area contributed by atoms with Gasteiger partial charge in [0.1, 0.15) is 5.41 Å². The molecule has 0 aromatic heterocycles. The predicted molar refractivity (Wildman–Crippen MR) is 154 cm³/mol. The molecular formula is C33H36N3O4. The van der Waals surface area contributed by atoms with Crippen LogP contribution in [0, 0.1) is 0 Å². The van der Waals surface area contributed by atoms with Crippen LogP contribution in [0.2, 0.25) is 0 Å². The summed E-state index contributed by atoms with van der Waals surface area (Å²) in [6, 6.07) is 23.3. The van der Waals surface area contributed by atoms with E-state index in [4.69, 9.17) is 0 Å². The van der Waals surface area contributed by atoms with Gasteiger partial charge in [-0.25, -0.2) is 0 Å². The number of fused-ring (bicyclic) bond motifs is 3. The Balaban J connectivity index is 1.24. The molecule has 0 bridgehead atoms. The topological polar surface area (TPSA) is 92.0 Å². The summed E-state index contributed by atoms with van der Waals surface area (Å²) in [5.74, 6) is -0.972. The van der Waals surface area contributed by atoms with Crippen LogP contribution < -0.4 is 5.32 Å². The Morgan fingerprint density at radius 1 is 0.825 bits per heavy atom. The summed E-state index contributed by atoms with van der Waals surface area (Å²) in [7, 11) is 1.48. The number of benzene rings is 3. The van der Waals surface area contributed by atoms with Crippen LogP contribution in [0.4, 0.5) is 0 Å². The van der Waals surface area contributed by atoms with E-state index in [1.165, 1.54) is 7.05 Å². The highest BCUT2D eigenvalue weighted by Gasteiger charge is 2.50. The van der Waals surface area contributed by atoms with Gasteiger partial charge in [-0.3, -0.25) is 24.6 Å². The van der Waals surface area contributed by atoms with Gasteiger partial charge in [0.2, 0.25) is 11.8 Å². The minimum atomic E-state index is -1.20. The highest BCUT2D eigenvalue weighted by molar-refractivity contribution is 5.98. The third kappa shape index (κ3) is 5.39. The minimum Gasteiger partial charge on any atom is -0.480 e. The summed E-state index contributed by atoms with van der Waals surface area (Å²) in [5.41, 5.74) is 3.95. The van der Waals surface area contributed by atoms with E-state index in [9.17, 15) is 19.5 Å². The standard InChI is InChI=1S/C33H36N3O4/c1-34-29(37)23-25-12-9-14-27-26-13-5-6-15-28(26)33(31(25)27,32(39)40)16-7-8-17-35-18-20-36(21-19-35)30(38)22-24-10-3-2-4-11-24/h2-6,9-15H,7-8,16-23H2,1H3,(H,39,40). The molecule has 7 heteroatoms. The van der Waals surface area contributed by atoms with E-state index < -0.39 is 11.4 Å². The van der Waals surface area contributed by atoms with Gasteiger partial charge in [-0.15, -0.1) is 0 Å². The molecule has 40 heavy (non-hydrogen) atoms. The SMILES string of the molecule is C[N]C(=O)Cc1cccc2c1C(CCCCN1CCN(C(=O)Cc3ccccc3)CC1)(C(=O)O)c1ccccc1-2. The molecule has 0 saturated carbocycles. The fourth-order valence-electron chi connectivity index (χ4n) is 6.36. The molecule has 1 heterocycles. The molecule has 1 saturated heterocycles. The average molecular weight is 539 g/mol. The number of piperazine rings is 1. The first kappa shape index (κ1) is 27.6. The maximum atomic E-state index is 13.1. The zero-order valence-electron chi connectivity index (χ0n) is 23.0. The Labute approximate surface area is 235 Å². The quantitative estimate of drug-likeness (QED) is 0.396. The molecule has 1 fully saturated rings. The molecular weight excluding hydrogens is 502 g/mol. The van der Waals surface area contributed by atoms with Crippen LogP contribution in [-0.4, -0.2) is 72.5 Å². The molecule has 1 aliphatic heterocycles. The number of hydrogen-bond donors (Lipinski definition) is 1. The van der Waals surface area contributed by atoms with E-state index in [1.807, 2.05) is 77.7 Å². The lowest BCUT2D eigenvalue weighted by Crippen LogP contribution is -2.49. The molecule has 1 radical (unpaired) electrons. The highest BCUT2D eigenvalue weighted by Crippen LogP contribution is 2.53. The van der Waals surface area contributed by atoms with Crippen molar-refractivity contribution >= 4 is 17.8 Å². The summed E-state index contributed by atoms with van der Waals surface area (Å²) in [5, 5.41) is 14.6. The van der Waals surface area contributed by atoms with Gasteiger partial charge in [-0.1, -0.05) is 79.2 Å². The van der Waals surface area contributed by atoms with Crippen molar-refractivity contribution in [2.75, 3.05) is 39.8 Å². The molecule has 1 N–H and O–H groups in total. The van der Waals surface area contributed by atoms with Crippen LogP contribution in [0.15, 0.2) is 72.8 Å². The van der Waals surface area contributed by atoms with Gasteiger partial charge < -0.3 is 10.0 Å². The number of unbranched alkanes of at least 4 members (excludes halogenated alkanes) is 1. The zero-order valence-corrected chi connectivity index (χ0v) is 23.0. The van der Waals surface area contributed by atoms with Crippen molar-refractivity contribution in [3.8, 4) is 11.1 Å². The number of likely N-dealkylation sites (N-methyl/N-ethyl adjacent to an activating group) is 1. The molecule has 207 valence electrons. The van der Waals surface area contributed by atoms with Gasteiger partial charge in [0.15, 0.2) is 0 Å². The summed E-state index contributed by atoms with van der Waals surface area (Å²) in [6.07, 6.45) is 2.57. The van der Waals surface area contributed by atoms with Crippen molar-refractivity contribution in [1.82, 2.24) is 15.1 Å². The molecule has 1 aliphatic carbocycles. The number of carbonyl (C=O) groups excluding carboxylic acids is 2. The second-order valence-electron chi connectivity index (χ2n) is 10.7. The lowest BCUT2D eigenvalue weighted by Gasteiger charge is -2.35. The Bertz CT molecular complexity index is 1380. The first-order valence-corrected chi connectivity index (χ1v) is 14.1. The lowest BCUT2D eigenvalue weighted by molar-refractivity contribution is -0.142. The number of carbonyl (C=O) groups is 3. The molecule has 1 atom stereocenters. The summed E-state index contributed by atoms with van der Waals surface area (Å²) in [4.78, 5) is 42.4. The van der Waals surface area contributed by atoms with E-state index in [1.54, 1.807) is 0 Å². The Morgan fingerprint density at radius 2 is 1.52 bits per heavy atom. The van der Waals surface area contributed by atoms with Gasteiger partial charge in [-0.2, -0.15) is 0 Å². The Hall–Kier alpha value is -3.97. The number of carboxylic acids is 1. The Kier molecular flexibility index (Phi) is 8.31. The zero-order chi connectivity index (χ0) is 28.1. The predicted octanol–water partition coefficient (Wildman–Crippen LogP) is 3.90. The average Bonchev–Trinajstić information content (AvgIpc) is 3.28. The van der Waals surface area contributed by atoms with Crippen molar-refractivity contribution in [2.45, 2.75) is 37.5 Å². The molecule has 1 unspecified atom stereocenters. The minimum absolute atomic E-state index is 0.0932. The molecule has 3 aromatic rings. The molecule has 7 nitrogen and oxygen atoms in total. The van der Waals surface area contributed by atoms with Gasteiger partial charge in [0.25, 0.3) is 0 Å². The van der Waals surface area contributed by atoms with E-state index in [2.05, 4.69) is 10.2 Å². The number of hydrogen-bond acceptors (Lipinski definition) is 4. The number of carboxylic acid groups (broad SMARTS) is 1.